The van der Waals surface area contributed by atoms with Crippen molar-refractivity contribution in [2.75, 3.05) is 12.4 Å². The second-order valence-electron chi connectivity index (χ2n) is 5.38. The van der Waals surface area contributed by atoms with E-state index < -0.39 is 6.09 Å². The Labute approximate surface area is 146 Å². The maximum absolute atomic E-state index is 11.9. The van der Waals surface area contributed by atoms with E-state index in [1.54, 1.807) is 48.5 Å². The number of ether oxygens (including phenoxy) is 1. The van der Waals surface area contributed by atoms with Crippen LogP contribution in [0.3, 0.4) is 0 Å². The number of carbonyl (C=O) groups is 3. The lowest BCUT2D eigenvalue weighted by Gasteiger charge is -2.07. The summed E-state index contributed by atoms with van der Waals surface area (Å²) in [5, 5.41) is 5.32. The molecule has 2 N–H and O–H groups in total. The Hall–Kier alpha value is -3.15. The van der Waals surface area contributed by atoms with Crippen LogP contribution < -0.4 is 10.6 Å². The lowest BCUT2D eigenvalue weighted by Crippen LogP contribution is -2.23. The van der Waals surface area contributed by atoms with Crippen molar-refractivity contribution in [1.29, 1.82) is 0 Å². The molecule has 2 aromatic rings. The molecule has 2 amide bonds. The van der Waals surface area contributed by atoms with Gasteiger partial charge < -0.3 is 10.1 Å². The number of methoxy groups -OCH3 is 1. The topological polar surface area (TPSA) is 84.5 Å². The summed E-state index contributed by atoms with van der Waals surface area (Å²) >= 11 is 0. The molecule has 0 saturated carbocycles. The smallest absolute Gasteiger partial charge is 0.411 e. The summed E-state index contributed by atoms with van der Waals surface area (Å²) in [5.74, 6) is -0.227. The standard InChI is InChI=1S/C19H20N2O4/c1-25-19(24)21-16-9-7-14(8-10-16)13-20-18(23)12-11-17(22)15-5-3-2-4-6-15/h2-10H,11-13H2,1H3,(H,20,23)(H,21,24). The van der Waals surface area contributed by atoms with Crippen LogP contribution >= 0.6 is 0 Å². The van der Waals surface area contributed by atoms with Crippen LogP contribution in [-0.2, 0) is 16.1 Å². The van der Waals surface area contributed by atoms with E-state index in [0.717, 1.165) is 5.56 Å². The molecular weight excluding hydrogens is 320 g/mol. The minimum absolute atomic E-state index is 0.0472. The number of carbonyl (C=O) groups excluding carboxylic acids is 3. The zero-order chi connectivity index (χ0) is 18.1. The molecule has 0 aliphatic carbocycles. The number of hydrogen-bond acceptors (Lipinski definition) is 4. The van der Waals surface area contributed by atoms with E-state index in [1.165, 1.54) is 7.11 Å². The first-order valence-corrected chi connectivity index (χ1v) is 7.87. The summed E-state index contributed by atoms with van der Waals surface area (Å²) in [6.07, 6.45) is -0.211. The van der Waals surface area contributed by atoms with Crippen LogP contribution in [0.4, 0.5) is 10.5 Å². The van der Waals surface area contributed by atoms with Crippen LogP contribution in [0.15, 0.2) is 54.6 Å². The first kappa shape index (κ1) is 18.2. The molecule has 0 fully saturated rings. The van der Waals surface area contributed by atoms with Gasteiger partial charge in [-0.1, -0.05) is 42.5 Å². The van der Waals surface area contributed by atoms with Gasteiger partial charge in [0.15, 0.2) is 5.78 Å². The third-order valence-corrected chi connectivity index (χ3v) is 3.55. The number of rotatable bonds is 7. The average Bonchev–Trinajstić information content (AvgIpc) is 2.66. The molecule has 25 heavy (non-hydrogen) atoms. The maximum atomic E-state index is 11.9. The summed E-state index contributed by atoms with van der Waals surface area (Å²) < 4.78 is 4.51. The normalized spacial score (nSPS) is 9.96. The Morgan fingerprint density at radius 1 is 0.920 bits per heavy atom. The maximum Gasteiger partial charge on any atom is 0.411 e. The Balaban J connectivity index is 1.74. The number of nitrogens with one attached hydrogen (secondary N) is 2. The van der Waals surface area contributed by atoms with E-state index in [1.807, 2.05) is 6.07 Å². The van der Waals surface area contributed by atoms with Gasteiger partial charge in [0.2, 0.25) is 5.91 Å². The predicted octanol–water partition coefficient (Wildman–Crippen LogP) is 3.14. The fourth-order valence-corrected chi connectivity index (χ4v) is 2.16. The van der Waals surface area contributed by atoms with Crippen molar-refractivity contribution in [2.45, 2.75) is 19.4 Å². The molecular formula is C19H20N2O4. The van der Waals surface area contributed by atoms with E-state index in [0.29, 0.717) is 17.8 Å². The van der Waals surface area contributed by atoms with Crippen molar-refractivity contribution in [2.24, 2.45) is 0 Å². The highest BCUT2D eigenvalue weighted by Gasteiger charge is 2.09. The van der Waals surface area contributed by atoms with Crippen molar-refractivity contribution >= 4 is 23.5 Å². The van der Waals surface area contributed by atoms with Gasteiger partial charge in [-0.25, -0.2) is 4.79 Å². The summed E-state index contributed by atoms with van der Waals surface area (Å²) in [6, 6.07) is 15.9. The monoisotopic (exact) mass is 340 g/mol. The second kappa shape index (κ2) is 9.22. The Bertz CT molecular complexity index is 727. The zero-order valence-corrected chi connectivity index (χ0v) is 14.0. The Kier molecular flexibility index (Phi) is 6.71. The molecule has 0 heterocycles. The first-order chi connectivity index (χ1) is 12.1. The van der Waals surface area contributed by atoms with E-state index in [4.69, 9.17) is 0 Å². The molecule has 0 spiro atoms. The third kappa shape index (κ3) is 6.10. The number of benzene rings is 2. The fraction of sp³-hybridized carbons (Fsp3) is 0.211. The summed E-state index contributed by atoms with van der Waals surface area (Å²) in [4.78, 5) is 34.9. The molecule has 0 aliphatic rings. The SMILES string of the molecule is COC(=O)Nc1ccc(CNC(=O)CCC(=O)c2ccccc2)cc1. The van der Waals surface area contributed by atoms with Crippen molar-refractivity contribution in [3.8, 4) is 0 Å². The summed E-state index contributed by atoms with van der Waals surface area (Å²) in [5.41, 5.74) is 2.11. The van der Waals surface area contributed by atoms with E-state index in [9.17, 15) is 14.4 Å². The van der Waals surface area contributed by atoms with E-state index in [-0.39, 0.29) is 24.5 Å². The minimum Gasteiger partial charge on any atom is -0.453 e. The highest BCUT2D eigenvalue weighted by Crippen LogP contribution is 2.10. The molecule has 0 saturated heterocycles. The van der Waals surface area contributed by atoms with Crippen molar-refractivity contribution in [3.05, 3.63) is 65.7 Å². The molecule has 0 bridgehead atoms. The fourth-order valence-electron chi connectivity index (χ4n) is 2.16. The third-order valence-electron chi connectivity index (χ3n) is 3.55. The van der Waals surface area contributed by atoms with Crippen molar-refractivity contribution in [3.63, 3.8) is 0 Å². The molecule has 0 atom stereocenters. The van der Waals surface area contributed by atoms with Gasteiger partial charge in [-0.05, 0) is 17.7 Å². The van der Waals surface area contributed by atoms with Crippen molar-refractivity contribution in [1.82, 2.24) is 5.32 Å². The van der Waals surface area contributed by atoms with Gasteiger partial charge in [-0.2, -0.15) is 0 Å². The molecule has 0 aliphatic heterocycles. The lowest BCUT2D eigenvalue weighted by atomic mass is 10.1. The minimum atomic E-state index is -0.538. The molecule has 2 rings (SSSR count). The molecule has 0 radical (unpaired) electrons. The van der Waals surface area contributed by atoms with Gasteiger partial charge in [0.25, 0.3) is 0 Å². The van der Waals surface area contributed by atoms with Crippen LogP contribution in [0, 0.1) is 0 Å². The number of hydrogen-bond donors (Lipinski definition) is 2. The zero-order valence-electron chi connectivity index (χ0n) is 14.0. The number of Topliss-reactive ketones (excluding diaryl/α,β-unsaturated/α-hetero) is 1. The van der Waals surface area contributed by atoms with E-state index >= 15 is 0 Å². The average molecular weight is 340 g/mol. The summed E-state index contributed by atoms with van der Waals surface area (Å²) in [7, 11) is 1.29. The van der Waals surface area contributed by atoms with Gasteiger partial charge in [0.05, 0.1) is 7.11 Å². The lowest BCUT2D eigenvalue weighted by molar-refractivity contribution is -0.121. The highest BCUT2D eigenvalue weighted by atomic mass is 16.5. The molecule has 130 valence electrons. The van der Waals surface area contributed by atoms with Crippen LogP contribution in [-0.4, -0.2) is 24.9 Å². The predicted molar refractivity (Wildman–Crippen MR) is 94.3 cm³/mol. The van der Waals surface area contributed by atoms with Gasteiger partial charge in [-0.3, -0.25) is 14.9 Å². The largest absolute Gasteiger partial charge is 0.453 e. The Morgan fingerprint density at radius 3 is 2.24 bits per heavy atom. The van der Waals surface area contributed by atoms with Gasteiger partial charge in [0, 0.05) is 30.6 Å². The van der Waals surface area contributed by atoms with Crippen LogP contribution in [0.1, 0.15) is 28.8 Å². The highest BCUT2D eigenvalue weighted by molar-refractivity contribution is 5.97. The number of amides is 2. The Morgan fingerprint density at radius 2 is 1.60 bits per heavy atom. The molecule has 2 aromatic carbocycles. The number of ketones is 1. The molecule has 0 aromatic heterocycles. The van der Waals surface area contributed by atoms with Gasteiger partial charge in [0.1, 0.15) is 0 Å². The quantitative estimate of drug-likeness (QED) is 0.758. The van der Waals surface area contributed by atoms with Gasteiger partial charge >= 0.3 is 6.09 Å². The summed E-state index contributed by atoms with van der Waals surface area (Å²) in [6.45, 7) is 0.358. The molecule has 0 unspecified atom stereocenters. The van der Waals surface area contributed by atoms with Crippen LogP contribution in [0.5, 0.6) is 0 Å². The first-order valence-electron chi connectivity index (χ1n) is 7.87. The van der Waals surface area contributed by atoms with Crippen LogP contribution in [0.25, 0.3) is 0 Å². The molecule has 6 heteroatoms. The molecule has 6 nitrogen and oxygen atoms in total. The number of anilines is 1. The van der Waals surface area contributed by atoms with Crippen molar-refractivity contribution < 1.29 is 19.1 Å². The van der Waals surface area contributed by atoms with Crippen LogP contribution in [0.2, 0.25) is 0 Å². The van der Waals surface area contributed by atoms with E-state index in [2.05, 4.69) is 15.4 Å². The van der Waals surface area contributed by atoms with Gasteiger partial charge in [-0.15, -0.1) is 0 Å². The second-order valence-corrected chi connectivity index (χ2v) is 5.38.